The molecule has 0 unspecified atom stereocenters. The lowest BCUT2D eigenvalue weighted by Crippen LogP contribution is -2.46. The van der Waals surface area contributed by atoms with Crippen LogP contribution < -0.4 is 4.90 Å². The fraction of sp³-hybridized carbons (Fsp3) is 0.429. The number of nitro benzene ring substituents is 1. The second kappa shape index (κ2) is 7.11. The molecule has 2 aromatic carbocycles. The molecule has 4 nitrogen and oxygen atoms in total. The first-order chi connectivity index (χ1) is 13.3. The molecule has 2 aliphatic rings. The number of halogens is 3. The topological polar surface area (TPSA) is 46.4 Å². The zero-order valence-corrected chi connectivity index (χ0v) is 15.3. The molecular formula is C21H21F3N2O2. The van der Waals surface area contributed by atoms with E-state index >= 15 is 0 Å². The van der Waals surface area contributed by atoms with Crippen molar-refractivity contribution in [1.29, 1.82) is 0 Å². The number of fused-ring (bicyclic) bond motifs is 2. The predicted molar refractivity (Wildman–Crippen MR) is 100 cm³/mol. The molecule has 0 bridgehead atoms. The van der Waals surface area contributed by atoms with E-state index in [2.05, 4.69) is 4.90 Å². The molecule has 1 heterocycles. The molecule has 0 N–H and O–H groups in total. The van der Waals surface area contributed by atoms with Gasteiger partial charge in [0, 0.05) is 30.4 Å². The molecular weight excluding hydrogens is 369 g/mol. The van der Waals surface area contributed by atoms with Crippen molar-refractivity contribution < 1.29 is 18.1 Å². The average Bonchev–Trinajstić information content (AvgIpc) is 2.67. The first-order valence-corrected chi connectivity index (χ1v) is 9.53. The van der Waals surface area contributed by atoms with Crippen molar-refractivity contribution in [3.8, 4) is 0 Å². The van der Waals surface area contributed by atoms with Crippen molar-refractivity contribution in [2.75, 3.05) is 4.90 Å². The van der Waals surface area contributed by atoms with Gasteiger partial charge in [-0.2, -0.15) is 13.2 Å². The zero-order chi connectivity index (χ0) is 19.9. The van der Waals surface area contributed by atoms with Gasteiger partial charge in [0.15, 0.2) is 0 Å². The summed E-state index contributed by atoms with van der Waals surface area (Å²) in [6.07, 6.45) is 0.888. The Bertz CT molecular complexity index is 880. The van der Waals surface area contributed by atoms with Crippen LogP contribution in [0.4, 0.5) is 24.5 Å². The second-order valence-corrected chi connectivity index (χ2v) is 7.71. The Balaban J connectivity index is 1.67. The normalized spacial score (nSPS) is 21.8. The van der Waals surface area contributed by atoms with Gasteiger partial charge in [-0.05, 0) is 54.5 Å². The molecule has 1 aliphatic carbocycles. The van der Waals surface area contributed by atoms with Crippen molar-refractivity contribution in [2.24, 2.45) is 5.92 Å². The lowest BCUT2D eigenvalue weighted by Gasteiger charge is -2.46. The lowest BCUT2D eigenvalue weighted by atomic mass is 9.76. The Morgan fingerprint density at radius 1 is 1.07 bits per heavy atom. The second-order valence-electron chi connectivity index (χ2n) is 7.71. The monoisotopic (exact) mass is 390 g/mol. The third kappa shape index (κ3) is 3.57. The molecule has 1 aliphatic heterocycles. The number of rotatable bonds is 3. The van der Waals surface area contributed by atoms with Crippen molar-refractivity contribution >= 4 is 11.4 Å². The van der Waals surface area contributed by atoms with Crippen molar-refractivity contribution in [3.63, 3.8) is 0 Å². The van der Waals surface area contributed by atoms with Gasteiger partial charge >= 0.3 is 6.18 Å². The SMILES string of the molecule is O=[N+]([O-])c1ccc2c(c1)C[C@H]1CCCC[C@H]1N2Cc1ccc(C(F)(F)F)cc1. The Morgan fingerprint density at radius 2 is 1.79 bits per heavy atom. The van der Waals surface area contributed by atoms with Crippen molar-refractivity contribution in [2.45, 2.75) is 50.9 Å². The van der Waals surface area contributed by atoms with E-state index in [1.807, 2.05) is 0 Å². The quantitative estimate of drug-likeness (QED) is 0.496. The molecule has 7 heteroatoms. The Kier molecular flexibility index (Phi) is 4.77. The predicted octanol–water partition coefficient (Wildman–Crippen LogP) is 5.74. The average molecular weight is 390 g/mol. The number of nitro groups is 1. The maximum absolute atomic E-state index is 12.8. The highest BCUT2D eigenvalue weighted by molar-refractivity contribution is 5.61. The molecule has 0 spiro atoms. The molecule has 148 valence electrons. The summed E-state index contributed by atoms with van der Waals surface area (Å²) in [5.41, 5.74) is 2.17. The van der Waals surface area contributed by atoms with Gasteiger partial charge in [-0.3, -0.25) is 10.1 Å². The van der Waals surface area contributed by atoms with Crippen molar-refractivity contribution in [3.05, 3.63) is 69.3 Å². The summed E-state index contributed by atoms with van der Waals surface area (Å²) >= 11 is 0. The number of hydrogen-bond donors (Lipinski definition) is 0. The largest absolute Gasteiger partial charge is 0.416 e. The minimum absolute atomic E-state index is 0.0856. The van der Waals surface area contributed by atoms with Crippen LogP contribution >= 0.6 is 0 Å². The summed E-state index contributed by atoms with van der Waals surface area (Å²) in [6, 6.07) is 10.6. The van der Waals surface area contributed by atoms with Crippen LogP contribution in [0, 0.1) is 16.0 Å². The summed E-state index contributed by atoms with van der Waals surface area (Å²) in [7, 11) is 0. The van der Waals surface area contributed by atoms with Gasteiger partial charge in [-0.15, -0.1) is 0 Å². The maximum Gasteiger partial charge on any atom is 0.416 e. The molecule has 0 radical (unpaired) electrons. The molecule has 0 saturated heterocycles. The van der Waals surface area contributed by atoms with E-state index in [4.69, 9.17) is 0 Å². The van der Waals surface area contributed by atoms with E-state index in [-0.39, 0.29) is 10.6 Å². The van der Waals surface area contributed by atoms with Gasteiger partial charge in [0.1, 0.15) is 0 Å². The molecule has 28 heavy (non-hydrogen) atoms. The van der Waals surface area contributed by atoms with E-state index in [9.17, 15) is 23.3 Å². The van der Waals surface area contributed by atoms with Crippen LogP contribution in [0.5, 0.6) is 0 Å². The lowest BCUT2D eigenvalue weighted by molar-refractivity contribution is -0.384. The standard InChI is InChI=1S/C21H21F3N2O2/c22-21(23,24)17-7-5-14(6-8-17)13-25-19-4-2-1-3-15(19)11-16-12-18(26(27)28)9-10-20(16)25/h5-10,12,15,19H,1-4,11,13H2/t15-,19-/m1/s1. The number of non-ortho nitro benzene ring substituents is 1. The highest BCUT2D eigenvalue weighted by Crippen LogP contribution is 2.42. The van der Waals surface area contributed by atoms with Crippen LogP contribution in [0.1, 0.15) is 42.4 Å². The van der Waals surface area contributed by atoms with E-state index in [0.29, 0.717) is 18.5 Å². The molecule has 4 rings (SSSR count). The van der Waals surface area contributed by atoms with Gasteiger partial charge in [-0.1, -0.05) is 25.0 Å². The first kappa shape index (κ1) is 18.8. The number of alkyl halides is 3. The van der Waals surface area contributed by atoms with Crippen LogP contribution in [-0.4, -0.2) is 11.0 Å². The van der Waals surface area contributed by atoms with Crippen LogP contribution in [-0.2, 0) is 19.1 Å². The van der Waals surface area contributed by atoms with Crippen LogP contribution in [0.2, 0.25) is 0 Å². The summed E-state index contributed by atoms with van der Waals surface area (Å²) in [5.74, 6) is 0.428. The Hall–Kier alpha value is -2.57. The minimum Gasteiger partial charge on any atom is -0.364 e. The third-order valence-electron chi connectivity index (χ3n) is 5.97. The number of anilines is 1. The Morgan fingerprint density at radius 3 is 2.46 bits per heavy atom. The number of benzene rings is 2. The fourth-order valence-electron chi connectivity index (χ4n) is 4.63. The van der Waals surface area contributed by atoms with Crippen LogP contribution in [0.25, 0.3) is 0 Å². The summed E-state index contributed by atoms with van der Waals surface area (Å²) in [6.45, 7) is 0.504. The molecule has 2 aromatic rings. The molecule has 1 saturated carbocycles. The number of hydrogen-bond acceptors (Lipinski definition) is 3. The van der Waals surface area contributed by atoms with Gasteiger partial charge in [0.25, 0.3) is 5.69 Å². The third-order valence-corrected chi connectivity index (χ3v) is 5.97. The molecule has 1 fully saturated rings. The van der Waals surface area contributed by atoms with Gasteiger partial charge in [0.2, 0.25) is 0 Å². The van der Waals surface area contributed by atoms with E-state index in [0.717, 1.165) is 61.1 Å². The highest BCUT2D eigenvalue weighted by atomic mass is 19.4. The van der Waals surface area contributed by atoms with E-state index < -0.39 is 11.7 Å². The van der Waals surface area contributed by atoms with E-state index in [1.165, 1.54) is 18.2 Å². The van der Waals surface area contributed by atoms with E-state index in [1.54, 1.807) is 12.1 Å². The summed E-state index contributed by atoms with van der Waals surface area (Å²) in [4.78, 5) is 13.0. The zero-order valence-electron chi connectivity index (χ0n) is 15.3. The first-order valence-electron chi connectivity index (χ1n) is 9.53. The van der Waals surface area contributed by atoms with Crippen molar-refractivity contribution in [1.82, 2.24) is 0 Å². The molecule has 0 aromatic heterocycles. The fourth-order valence-corrected chi connectivity index (χ4v) is 4.63. The maximum atomic E-state index is 12.8. The number of nitrogens with zero attached hydrogens (tertiary/aromatic N) is 2. The summed E-state index contributed by atoms with van der Waals surface area (Å²) in [5, 5.41) is 11.2. The molecule has 2 atom stereocenters. The van der Waals surface area contributed by atoms with Crippen LogP contribution in [0.15, 0.2) is 42.5 Å². The van der Waals surface area contributed by atoms with Gasteiger partial charge in [-0.25, -0.2) is 0 Å². The molecule has 0 amide bonds. The summed E-state index contributed by atoms with van der Waals surface area (Å²) < 4.78 is 38.5. The minimum atomic E-state index is -4.34. The highest BCUT2D eigenvalue weighted by Gasteiger charge is 2.36. The smallest absolute Gasteiger partial charge is 0.364 e. The Labute approximate surface area is 161 Å². The van der Waals surface area contributed by atoms with Gasteiger partial charge in [0.05, 0.1) is 10.5 Å². The van der Waals surface area contributed by atoms with Crippen LogP contribution in [0.3, 0.4) is 0 Å². The van der Waals surface area contributed by atoms with Gasteiger partial charge < -0.3 is 4.90 Å².